The summed E-state index contributed by atoms with van der Waals surface area (Å²) < 4.78 is 5.00. The Morgan fingerprint density at radius 3 is 2.67 bits per heavy atom. The minimum absolute atomic E-state index is 0.168. The molecule has 2 aromatic carbocycles. The lowest BCUT2D eigenvalue weighted by molar-refractivity contribution is 0.0527. The Bertz CT molecular complexity index is 640. The van der Waals surface area contributed by atoms with Crippen LogP contribution >= 0.6 is 0 Å². The van der Waals surface area contributed by atoms with E-state index < -0.39 is 5.97 Å². The molecule has 21 heavy (non-hydrogen) atoms. The molecule has 0 aliphatic rings. The molecule has 0 fully saturated rings. The van der Waals surface area contributed by atoms with Gasteiger partial charge in [0.05, 0.1) is 12.2 Å². The molecule has 0 saturated carbocycles. The number of rotatable bonds is 5. The van der Waals surface area contributed by atoms with Crippen molar-refractivity contribution in [3.8, 4) is 11.5 Å². The van der Waals surface area contributed by atoms with Crippen molar-refractivity contribution in [2.45, 2.75) is 13.5 Å². The Balaban J connectivity index is 2.17. The highest BCUT2D eigenvalue weighted by molar-refractivity contribution is 5.95. The first-order valence-electron chi connectivity index (χ1n) is 6.63. The van der Waals surface area contributed by atoms with Crippen molar-refractivity contribution in [3.05, 3.63) is 53.6 Å². The van der Waals surface area contributed by atoms with Crippen LogP contribution in [0.4, 0.5) is 5.69 Å². The molecule has 5 heteroatoms. The van der Waals surface area contributed by atoms with Gasteiger partial charge in [-0.2, -0.15) is 0 Å². The Morgan fingerprint density at radius 1 is 1.14 bits per heavy atom. The molecule has 0 atom stereocenters. The van der Waals surface area contributed by atoms with Crippen LogP contribution in [-0.2, 0) is 11.3 Å². The lowest BCUT2D eigenvalue weighted by atomic mass is 10.1. The first kappa shape index (κ1) is 14.7. The highest BCUT2D eigenvalue weighted by atomic mass is 16.5. The highest BCUT2D eigenvalue weighted by Gasteiger charge is 2.12. The van der Waals surface area contributed by atoms with E-state index in [-0.39, 0.29) is 18.0 Å². The molecule has 0 spiro atoms. The fourth-order valence-corrected chi connectivity index (χ4v) is 1.93. The van der Waals surface area contributed by atoms with Gasteiger partial charge >= 0.3 is 5.97 Å². The van der Waals surface area contributed by atoms with Gasteiger partial charge in [0.15, 0.2) is 11.5 Å². The number of esters is 1. The molecule has 0 aliphatic heterocycles. The number of carbonyl (C=O) groups excluding carboxylic acids is 1. The summed E-state index contributed by atoms with van der Waals surface area (Å²) in [6.07, 6.45) is 0. The SMILES string of the molecule is CCOC(=O)c1ccccc1NCc1cccc(O)c1O. The summed E-state index contributed by atoms with van der Waals surface area (Å²) >= 11 is 0. The van der Waals surface area contributed by atoms with Crippen molar-refractivity contribution >= 4 is 11.7 Å². The van der Waals surface area contributed by atoms with E-state index in [2.05, 4.69) is 5.32 Å². The second-order valence-electron chi connectivity index (χ2n) is 4.40. The summed E-state index contributed by atoms with van der Waals surface area (Å²) in [5.74, 6) is -0.743. The number of benzene rings is 2. The third kappa shape index (κ3) is 3.45. The number of para-hydroxylation sites is 2. The number of hydrogen-bond acceptors (Lipinski definition) is 5. The Labute approximate surface area is 122 Å². The number of hydrogen-bond donors (Lipinski definition) is 3. The number of ether oxygens (including phenoxy) is 1. The number of carbonyl (C=O) groups is 1. The van der Waals surface area contributed by atoms with Crippen LogP contribution in [0.1, 0.15) is 22.8 Å². The quantitative estimate of drug-likeness (QED) is 0.582. The normalized spacial score (nSPS) is 10.1. The van der Waals surface area contributed by atoms with Crippen molar-refractivity contribution in [3.63, 3.8) is 0 Å². The van der Waals surface area contributed by atoms with Gasteiger partial charge in [-0.15, -0.1) is 0 Å². The predicted molar refractivity (Wildman–Crippen MR) is 79.5 cm³/mol. The summed E-state index contributed by atoms with van der Waals surface area (Å²) in [6.45, 7) is 2.33. The van der Waals surface area contributed by atoms with E-state index in [9.17, 15) is 15.0 Å². The van der Waals surface area contributed by atoms with Crippen molar-refractivity contribution in [2.24, 2.45) is 0 Å². The molecule has 2 aromatic rings. The molecule has 0 aliphatic carbocycles. The Hall–Kier alpha value is -2.69. The number of nitrogens with one attached hydrogen (secondary N) is 1. The lowest BCUT2D eigenvalue weighted by Crippen LogP contribution is -2.09. The van der Waals surface area contributed by atoms with Crippen LogP contribution in [-0.4, -0.2) is 22.8 Å². The van der Waals surface area contributed by atoms with Crippen LogP contribution < -0.4 is 5.32 Å². The maximum absolute atomic E-state index is 11.8. The predicted octanol–water partition coefficient (Wildman–Crippen LogP) is 2.89. The molecular formula is C16H17NO4. The maximum atomic E-state index is 11.8. The van der Waals surface area contributed by atoms with E-state index in [1.165, 1.54) is 6.07 Å². The van der Waals surface area contributed by atoms with Gasteiger partial charge in [-0.1, -0.05) is 24.3 Å². The molecule has 0 radical (unpaired) electrons. The fourth-order valence-electron chi connectivity index (χ4n) is 1.93. The van der Waals surface area contributed by atoms with Gasteiger partial charge in [0.1, 0.15) is 0 Å². The molecule has 0 bridgehead atoms. The van der Waals surface area contributed by atoms with Gasteiger partial charge in [0, 0.05) is 17.8 Å². The van der Waals surface area contributed by atoms with Crippen molar-refractivity contribution < 1.29 is 19.7 Å². The molecule has 0 unspecified atom stereocenters. The zero-order chi connectivity index (χ0) is 15.2. The molecule has 3 N–H and O–H groups in total. The molecule has 2 rings (SSSR count). The van der Waals surface area contributed by atoms with Crippen LogP contribution in [0.3, 0.4) is 0 Å². The summed E-state index contributed by atoms with van der Waals surface area (Å²) in [4.78, 5) is 11.8. The Morgan fingerprint density at radius 2 is 1.90 bits per heavy atom. The topological polar surface area (TPSA) is 78.8 Å². The zero-order valence-corrected chi connectivity index (χ0v) is 11.7. The van der Waals surface area contributed by atoms with Crippen molar-refractivity contribution in [2.75, 3.05) is 11.9 Å². The molecule has 0 saturated heterocycles. The van der Waals surface area contributed by atoms with Crippen LogP contribution in [0.25, 0.3) is 0 Å². The summed E-state index contributed by atoms with van der Waals surface area (Å²) in [7, 11) is 0. The molecule has 5 nitrogen and oxygen atoms in total. The minimum atomic E-state index is -0.402. The number of phenols is 2. The first-order chi connectivity index (χ1) is 10.1. The van der Waals surface area contributed by atoms with Crippen LogP contribution in [0.5, 0.6) is 11.5 Å². The first-order valence-corrected chi connectivity index (χ1v) is 6.63. The molecule has 0 aromatic heterocycles. The highest BCUT2D eigenvalue weighted by Crippen LogP contribution is 2.29. The van der Waals surface area contributed by atoms with Crippen molar-refractivity contribution in [1.82, 2.24) is 0 Å². The minimum Gasteiger partial charge on any atom is -0.504 e. The van der Waals surface area contributed by atoms with Crippen LogP contribution in [0, 0.1) is 0 Å². The number of aromatic hydroxyl groups is 2. The summed E-state index contributed by atoms with van der Waals surface area (Å²) in [5.41, 5.74) is 1.58. The van der Waals surface area contributed by atoms with Gasteiger partial charge in [-0.05, 0) is 25.1 Å². The smallest absolute Gasteiger partial charge is 0.340 e. The third-order valence-corrected chi connectivity index (χ3v) is 2.99. The van der Waals surface area contributed by atoms with E-state index in [0.29, 0.717) is 23.4 Å². The van der Waals surface area contributed by atoms with E-state index in [0.717, 1.165) is 0 Å². The van der Waals surface area contributed by atoms with Gasteiger partial charge in [-0.25, -0.2) is 4.79 Å². The summed E-state index contributed by atoms with van der Waals surface area (Å²) in [6, 6.07) is 11.7. The van der Waals surface area contributed by atoms with E-state index in [1.54, 1.807) is 43.3 Å². The maximum Gasteiger partial charge on any atom is 0.340 e. The largest absolute Gasteiger partial charge is 0.504 e. The van der Waals surface area contributed by atoms with Crippen LogP contribution in [0.2, 0.25) is 0 Å². The second-order valence-corrected chi connectivity index (χ2v) is 4.40. The molecule has 0 amide bonds. The van der Waals surface area contributed by atoms with Gasteiger partial charge in [0.2, 0.25) is 0 Å². The third-order valence-electron chi connectivity index (χ3n) is 2.99. The van der Waals surface area contributed by atoms with Crippen molar-refractivity contribution in [1.29, 1.82) is 0 Å². The Kier molecular flexibility index (Phi) is 4.66. The number of phenolic OH excluding ortho intramolecular Hbond substituents is 2. The lowest BCUT2D eigenvalue weighted by Gasteiger charge is -2.12. The second kappa shape index (κ2) is 6.65. The molecule has 0 heterocycles. The fraction of sp³-hybridized carbons (Fsp3) is 0.188. The monoisotopic (exact) mass is 287 g/mol. The average molecular weight is 287 g/mol. The van der Waals surface area contributed by atoms with Gasteiger partial charge < -0.3 is 20.3 Å². The van der Waals surface area contributed by atoms with E-state index >= 15 is 0 Å². The standard InChI is InChI=1S/C16H17NO4/c1-2-21-16(20)12-7-3-4-8-13(12)17-10-11-6-5-9-14(18)15(11)19/h3-9,17-19H,2,10H2,1H3. The van der Waals surface area contributed by atoms with Gasteiger partial charge in [-0.3, -0.25) is 0 Å². The zero-order valence-electron chi connectivity index (χ0n) is 11.7. The van der Waals surface area contributed by atoms with E-state index in [1.807, 2.05) is 0 Å². The number of anilines is 1. The average Bonchev–Trinajstić information content (AvgIpc) is 2.49. The molecular weight excluding hydrogens is 270 g/mol. The molecule has 110 valence electrons. The van der Waals surface area contributed by atoms with Crippen LogP contribution in [0.15, 0.2) is 42.5 Å². The van der Waals surface area contributed by atoms with Gasteiger partial charge in [0.25, 0.3) is 0 Å². The summed E-state index contributed by atoms with van der Waals surface area (Å²) in [5, 5.41) is 22.3. The van der Waals surface area contributed by atoms with E-state index in [4.69, 9.17) is 4.74 Å².